The fourth-order valence-corrected chi connectivity index (χ4v) is 7.40. The van der Waals surface area contributed by atoms with Crippen LogP contribution in [0.2, 0.25) is 0 Å². The Balaban J connectivity index is 0.000000201. The molecule has 0 aliphatic carbocycles. The highest BCUT2D eigenvalue weighted by molar-refractivity contribution is 6.62. The number of aromatic amines is 1. The summed E-state index contributed by atoms with van der Waals surface area (Å²) >= 11 is 0. The van der Waals surface area contributed by atoms with Gasteiger partial charge in [-0.2, -0.15) is 90.6 Å². The second-order valence-corrected chi connectivity index (χ2v) is 18.3. The minimum atomic E-state index is -5.90. The van der Waals surface area contributed by atoms with Crippen molar-refractivity contribution in [2.45, 2.75) is 110 Å². The maximum absolute atomic E-state index is 13.9. The molecule has 1 saturated heterocycles. The topological polar surface area (TPSA) is 179 Å². The largest absolute Gasteiger partial charge is 0.498 e. The van der Waals surface area contributed by atoms with Gasteiger partial charge in [0.1, 0.15) is 13.1 Å². The molecule has 8 aromatic rings. The number of nitrogens with one attached hydrogen (secondary N) is 1. The zero-order valence-corrected chi connectivity index (χ0v) is 40.8. The molecule has 0 spiro atoms. The lowest BCUT2D eigenvalue weighted by molar-refractivity contribution is -0.287. The van der Waals surface area contributed by atoms with Crippen LogP contribution in [-0.2, 0) is 48.8 Å². The lowest BCUT2D eigenvalue weighted by Crippen LogP contribution is -2.41. The summed E-state index contributed by atoms with van der Waals surface area (Å²) in [5.41, 5.74) is -7.62. The Bertz CT molecular complexity index is 3570. The fraction of sp³-hybridized carbons (Fsp3) is 0.442. The molecule has 0 atom stereocenters. The average Bonchev–Trinajstić information content (AvgIpc) is 4.15. The Kier molecular flexibility index (Phi) is 15.4. The third-order valence-electron chi connectivity index (χ3n) is 11.8. The summed E-state index contributed by atoms with van der Waals surface area (Å²) in [7, 11) is 3.15. The predicted octanol–water partition coefficient (Wildman–Crippen LogP) is 8.37. The van der Waals surface area contributed by atoms with Crippen molar-refractivity contribution in [3.8, 4) is 27.9 Å². The number of halogens is 16. The molecular weight excluding hydrogens is 1090 g/mol. The van der Waals surface area contributed by atoms with Crippen molar-refractivity contribution in [1.82, 2.24) is 67.4 Å². The quantitative estimate of drug-likeness (QED) is 0.115. The number of aryl methyl sites for hydroxylation is 4. The van der Waals surface area contributed by atoms with Crippen LogP contribution in [0.25, 0.3) is 39.5 Å². The van der Waals surface area contributed by atoms with Crippen LogP contribution >= 0.6 is 0 Å². The summed E-state index contributed by atoms with van der Waals surface area (Å²) in [6.07, 6.45) is -11.0. The molecule has 35 heteroatoms. The van der Waals surface area contributed by atoms with Crippen LogP contribution in [0.1, 0.15) is 57.9 Å². The molecule has 0 amide bonds. The van der Waals surface area contributed by atoms with E-state index in [2.05, 4.69) is 35.3 Å². The van der Waals surface area contributed by atoms with Crippen LogP contribution < -0.4 is 16.6 Å². The van der Waals surface area contributed by atoms with Gasteiger partial charge < -0.3 is 14.3 Å². The van der Waals surface area contributed by atoms with E-state index in [1.165, 1.54) is 41.7 Å². The predicted molar refractivity (Wildman–Crippen MR) is 243 cm³/mol. The van der Waals surface area contributed by atoms with Gasteiger partial charge in [0.15, 0.2) is 11.4 Å². The number of hydrogen-bond acceptors (Lipinski definition) is 10. The Morgan fingerprint density at radius 3 is 1.45 bits per heavy atom. The van der Waals surface area contributed by atoms with E-state index >= 15 is 0 Å². The Morgan fingerprint density at radius 2 is 1.03 bits per heavy atom. The molecular formula is C43H43BF16N14O4. The molecule has 1 aliphatic heterocycles. The van der Waals surface area contributed by atoms with Gasteiger partial charge in [0.2, 0.25) is 11.6 Å². The molecule has 0 unspecified atom stereocenters. The minimum absolute atomic E-state index is 0. The molecule has 78 heavy (non-hydrogen) atoms. The Labute approximate surface area is 428 Å². The van der Waals surface area contributed by atoms with Crippen molar-refractivity contribution < 1.29 is 79.6 Å². The van der Waals surface area contributed by atoms with Gasteiger partial charge in [0.05, 0.1) is 46.6 Å². The van der Waals surface area contributed by atoms with Crippen molar-refractivity contribution in [2.24, 2.45) is 14.1 Å². The van der Waals surface area contributed by atoms with Gasteiger partial charge in [-0.25, -0.2) is 9.97 Å². The van der Waals surface area contributed by atoms with E-state index in [0.717, 1.165) is 20.5 Å². The smallest absolute Gasteiger partial charge is 0.399 e. The van der Waals surface area contributed by atoms with Crippen LogP contribution in [0.4, 0.5) is 70.2 Å². The summed E-state index contributed by atoms with van der Waals surface area (Å²) in [6, 6.07) is 0. The monoisotopic (exact) mass is 1130 g/mol. The first-order valence-corrected chi connectivity index (χ1v) is 21.8. The van der Waals surface area contributed by atoms with Crippen LogP contribution in [0.3, 0.4) is 0 Å². The van der Waals surface area contributed by atoms with Gasteiger partial charge in [-0.1, -0.05) is 7.43 Å². The van der Waals surface area contributed by atoms with E-state index in [-0.39, 0.29) is 35.1 Å². The van der Waals surface area contributed by atoms with E-state index in [1.807, 2.05) is 40.9 Å². The minimum Gasteiger partial charge on any atom is -0.399 e. The lowest BCUT2D eigenvalue weighted by atomic mass is 9.82. The molecule has 9 heterocycles. The molecule has 18 nitrogen and oxygen atoms in total. The first kappa shape index (κ1) is 59.8. The van der Waals surface area contributed by atoms with E-state index in [9.17, 15) is 79.8 Å². The number of nitrogens with zero attached hydrogens (tertiary/aromatic N) is 13. The standard InChI is InChI=1S/C18H13F8N7O.C14H9F8N5O.C10H17BN2O2.CH4/c1-9-5-32-14(34)12(10-3-28-31(6-10)8-16(19,20)18(24,25)26)13(17(21,22)23)29-15(32)33(9)11-4-27-30(2)7-11;1-6-3-27-10(28)8(9(13(17,18)19)25-11(27)24-6)7-2-23-26(4-7)5-12(15,16)14(20,21)22;1-9(2)10(3,4)15-11(14-9)8-6-12-13(5)7-8;/h3-7H,8H2,1-2H3;2-4H,5H2,1H3,(H,24,25);6-7H,1-5H3;1H4. The molecule has 0 radical (unpaired) electrons. The molecule has 0 bridgehead atoms. The zero-order valence-electron chi connectivity index (χ0n) is 40.8. The average molecular weight is 1130 g/mol. The molecule has 1 N–H and O–H groups in total. The number of rotatable bonds is 8. The zero-order chi connectivity index (χ0) is 57.6. The fourth-order valence-electron chi connectivity index (χ4n) is 7.40. The second kappa shape index (κ2) is 20.1. The molecule has 424 valence electrons. The number of alkyl halides is 16. The van der Waals surface area contributed by atoms with Crippen molar-refractivity contribution in [3.63, 3.8) is 0 Å². The van der Waals surface area contributed by atoms with Crippen molar-refractivity contribution >= 4 is 24.1 Å². The van der Waals surface area contributed by atoms with Crippen LogP contribution in [0.15, 0.2) is 71.6 Å². The maximum atomic E-state index is 13.9. The highest BCUT2D eigenvalue weighted by atomic mass is 19.4. The van der Waals surface area contributed by atoms with Crippen LogP contribution in [0, 0.1) is 13.8 Å². The van der Waals surface area contributed by atoms with Gasteiger partial charge >= 0.3 is 43.7 Å². The van der Waals surface area contributed by atoms with E-state index in [4.69, 9.17) is 9.31 Å². The SMILES string of the molecule is C.Cc1cn2c(=O)c(-c3cnn(CC(F)(F)C(F)(F)F)c3)c(C(F)(F)F)nc2[nH]1.Cc1cn2c(=O)c(-c3cnn(CC(F)(F)C(F)(F)F)c3)c(C(F)(F)F)nc2n1-c1cnn(C)c1.Cn1cc(B2OC(C)(C)C(C)(C)O2)cn1. The molecule has 0 aromatic carbocycles. The third kappa shape index (κ3) is 11.7. The molecule has 0 saturated carbocycles. The van der Waals surface area contributed by atoms with Gasteiger partial charge in [-0.3, -0.25) is 41.7 Å². The molecule has 1 fully saturated rings. The van der Waals surface area contributed by atoms with Crippen molar-refractivity contribution in [1.29, 1.82) is 0 Å². The number of H-pyrrole nitrogens is 1. The second-order valence-electron chi connectivity index (χ2n) is 18.3. The first-order chi connectivity index (χ1) is 35.1. The normalized spacial score (nSPS) is 15.1. The van der Waals surface area contributed by atoms with Crippen LogP contribution in [-0.4, -0.2) is 110 Å². The summed E-state index contributed by atoms with van der Waals surface area (Å²) in [4.78, 5) is 35.0. The lowest BCUT2D eigenvalue weighted by Gasteiger charge is -2.32. The van der Waals surface area contributed by atoms with Crippen molar-refractivity contribution in [2.75, 3.05) is 0 Å². The highest BCUT2D eigenvalue weighted by Crippen LogP contribution is 2.41. The maximum Gasteiger partial charge on any atom is 0.498 e. The van der Waals surface area contributed by atoms with E-state index < -0.39 is 106 Å². The number of hydrogen-bond donors (Lipinski definition) is 1. The number of imidazole rings is 2. The number of aromatic nitrogens is 14. The first-order valence-electron chi connectivity index (χ1n) is 21.8. The summed E-state index contributed by atoms with van der Waals surface area (Å²) < 4.78 is 227. The van der Waals surface area contributed by atoms with E-state index in [1.54, 1.807) is 17.9 Å². The molecule has 8 aromatic heterocycles. The number of fused-ring (bicyclic) bond motifs is 2. The highest BCUT2D eigenvalue weighted by Gasteiger charge is 2.59. The van der Waals surface area contributed by atoms with Crippen molar-refractivity contribution in [3.05, 3.63) is 105 Å². The summed E-state index contributed by atoms with van der Waals surface area (Å²) in [5.74, 6) is -11.2. The Morgan fingerprint density at radius 1 is 0.577 bits per heavy atom. The van der Waals surface area contributed by atoms with E-state index in [0.29, 0.717) is 41.9 Å². The molecule has 1 aliphatic rings. The van der Waals surface area contributed by atoms with Crippen LogP contribution in [0.5, 0.6) is 0 Å². The van der Waals surface area contributed by atoms with Gasteiger partial charge in [0, 0.05) is 85.5 Å². The summed E-state index contributed by atoms with van der Waals surface area (Å²) in [6.45, 7) is 7.20. The molecule has 9 rings (SSSR count). The van der Waals surface area contributed by atoms with Gasteiger partial charge in [-0.05, 0) is 41.5 Å². The van der Waals surface area contributed by atoms with Gasteiger partial charge in [0.25, 0.3) is 11.1 Å². The third-order valence-corrected chi connectivity index (χ3v) is 11.8. The summed E-state index contributed by atoms with van der Waals surface area (Å²) in [5, 5.41) is 14.6. The van der Waals surface area contributed by atoms with Gasteiger partial charge in [-0.15, -0.1) is 0 Å². The Hall–Kier alpha value is -7.46.